The van der Waals surface area contributed by atoms with Crippen LogP contribution < -0.4 is 0 Å². The summed E-state index contributed by atoms with van der Waals surface area (Å²) in [5.74, 6) is 0. The number of aromatic amines is 1. The Morgan fingerprint density at radius 2 is 2.50 bits per heavy atom. The van der Waals surface area contributed by atoms with Crippen molar-refractivity contribution in [3.63, 3.8) is 0 Å². The molecule has 1 N–H and O–H groups in total. The second-order valence-corrected chi connectivity index (χ2v) is 4.51. The highest BCUT2D eigenvalue weighted by Crippen LogP contribution is 2.29. The summed E-state index contributed by atoms with van der Waals surface area (Å²) in [5.41, 5.74) is 2.11. The van der Waals surface area contributed by atoms with Gasteiger partial charge < -0.3 is 14.3 Å². The molecule has 84 valence electrons. The topological polar surface area (TPSA) is 42.8 Å². The highest BCUT2D eigenvalue weighted by molar-refractivity contribution is 7.71. The van der Waals surface area contributed by atoms with E-state index in [4.69, 9.17) is 17.0 Å². The van der Waals surface area contributed by atoms with Crippen LogP contribution in [0.1, 0.15) is 19.4 Å². The number of H-pyrrole nitrogens is 1. The van der Waals surface area contributed by atoms with Crippen LogP contribution in [0.15, 0.2) is 18.5 Å². The van der Waals surface area contributed by atoms with Gasteiger partial charge in [-0.2, -0.15) is 0 Å². The summed E-state index contributed by atoms with van der Waals surface area (Å²) in [7, 11) is 0. The Labute approximate surface area is 98.3 Å². The second-order valence-electron chi connectivity index (χ2n) is 4.12. The van der Waals surface area contributed by atoms with Gasteiger partial charge >= 0.3 is 0 Å². The van der Waals surface area contributed by atoms with Gasteiger partial charge in [0.15, 0.2) is 4.77 Å². The molecule has 2 atom stereocenters. The summed E-state index contributed by atoms with van der Waals surface area (Å²) in [5, 5.41) is 0. The van der Waals surface area contributed by atoms with Crippen molar-refractivity contribution in [2.75, 3.05) is 6.61 Å². The van der Waals surface area contributed by atoms with E-state index < -0.39 is 0 Å². The molecule has 1 fully saturated rings. The van der Waals surface area contributed by atoms with E-state index in [0.717, 1.165) is 28.8 Å². The van der Waals surface area contributed by atoms with E-state index >= 15 is 0 Å². The molecule has 0 radical (unpaired) electrons. The van der Waals surface area contributed by atoms with E-state index in [1.807, 2.05) is 12.3 Å². The van der Waals surface area contributed by atoms with E-state index in [-0.39, 0.29) is 6.10 Å². The fourth-order valence-corrected chi connectivity index (χ4v) is 2.71. The first kappa shape index (κ1) is 9.99. The number of hydrogen-bond donors (Lipinski definition) is 1. The molecule has 2 unspecified atom stereocenters. The molecule has 16 heavy (non-hydrogen) atoms. The summed E-state index contributed by atoms with van der Waals surface area (Å²) in [6.45, 7) is 2.91. The first-order valence-electron chi connectivity index (χ1n) is 5.43. The molecular weight excluding hydrogens is 222 g/mol. The predicted octanol–water partition coefficient (Wildman–Crippen LogP) is 2.44. The number of nitrogens with zero attached hydrogens (tertiary/aromatic N) is 2. The van der Waals surface area contributed by atoms with E-state index in [1.54, 1.807) is 6.20 Å². The molecule has 0 bridgehead atoms. The summed E-state index contributed by atoms with van der Waals surface area (Å²) >= 11 is 5.37. The first-order valence-corrected chi connectivity index (χ1v) is 5.84. The molecule has 1 aliphatic rings. The van der Waals surface area contributed by atoms with Crippen LogP contribution in [0.4, 0.5) is 0 Å². The van der Waals surface area contributed by atoms with Crippen LogP contribution in [0.5, 0.6) is 0 Å². The Bertz CT molecular complexity index is 574. The zero-order valence-electron chi connectivity index (χ0n) is 9.01. The third kappa shape index (κ3) is 1.39. The van der Waals surface area contributed by atoms with E-state index in [0.29, 0.717) is 6.04 Å². The summed E-state index contributed by atoms with van der Waals surface area (Å²) in [6, 6.07) is 2.33. The number of aromatic nitrogens is 3. The molecule has 0 aliphatic carbocycles. The van der Waals surface area contributed by atoms with Crippen molar-refractivity contribution >= 4 is 23.3 Å². The minimum atomic E-state index is 0.221. The van der Waals surface area contributed by atoms with E-state index in [1.165, 1.54) is 0 Å². The number of rotatable bonds is 1. The van der Waals surface area contributed by atoms with Crippen molar-refractivity contribution in [2.45, 2.75) is 25.5 Å². The van der Waals surface area contributed by atoms with Gasteiger partial charge in [-0.1, -0.05) is 0 Å². The SMILES string of the molecule is CC1OCCC1n1c(=S)[nH]c2cnccc21. The number of pyridine rings is 1. The summed E-state index contributed by atoms with van der Waals surface area (Å²) in [6.07, 6.45) is 4.84. The Balaban J connectivity index is 2.22. The highest BCUT2D eigenvalue weighted by Gasteiger charge is 2.27. The number of fused-ring (bicyclic) bond motifs is 1. The van der Waals surface area contributed by atoms with Gasteiger partial charge in [-0.25, -0.2) is 0 Å². The third-order valence-corrected chi connectivity index (χ3v) is 3.48. The predicted molar refractivity (Wildman–Crippen MR) is 64.0 cm³/mol. The van der Waals surface area contributed by atoms with Crippen molar-refractivity contribution in [3.05, 3.63) is 23.2 Å². The second kappa shape index (κ2) is 3.68. The molecule has 0 aromatic carbocycles. The van der Waals surface area contributed by atoms with Gasteiger partial charge in [-0.05, 0) is 31.6 Å². The van der Waals surface area contributed by atoms with E-state index in [2.05, 4.69) is 21.5 Å². The van der Waals surface area contributed by atoms with Gasteiger partial charge in [0, 0.05) is 12.8 Å². The maximum atomic E-state index is 5.60. The average Bonchev–Trinajstić information content (AvgIpc) is 2.81. The van der Waals surface area contributed by atoms with Gasteiger partial charge in [-0.3, -0.25) is 4.98 Å². The fraction of sp³-hybridized carbons (Fsp3) is 0.455. The Morgan fingerprint density at radius 3 is 3.25 bits per heavy atom. The zero-order chi connectivity index (χ0) is 11.1. The monoisotopic (exact) mass is 235 g/mol. The number of imidazole rings is 1. The molecule has 1 aliphatic heterocycles. The summed E-state index contributed by atoms with van der Waals surface area (Å²) < 4.78 is 8.51. The molecule has 3 rings (SSSR count). The smallest absolute Gasteiger partial charge is 0.178 e. The molecule has 4 nitrogen and oxygen atoms in total. The van der Waals surface area contributed by atoms with Crippen LogP contribution in [-0.2, 0) is 4.74 Å². The van der Waals surface area contributed by atoms with Gasteiger partial charge in [0.2, 0.25) is 0 Å². The lowest BCUT2D eigenvalue weighted by atomic mass is 10.1. The number of nitrogens with one attached hydrogen (secondary N) is 1. The van der Waals surface area contributed by atoms with Crippen molar-refractivity contribution in [2.24, 2.45) is 0 Å². The molecular formula is C11H13N3OS. The van der Waals surface area contributed by atoms with Crippen molar-refractivity contribution < 1.29 is 4.74 Å². The van der Waals surface area contributed by atoms with E-state index in [9.17, 15) is 0 Å². The molecule has 2 aromatic heterocycles. The standard InChI is InChI=1S/C11H13N3OS/c1-7-9(3-5-15-7)14-10-2-4-12-6-8(10)13-11(14)16/h2,4,6-7,9H,3,5H2,1H3,(H,13,16). The van der Waals surface area contributed by atoms with Crippen LogP contribution >= 0.6 is 12.2 Å². The van der Waals surface area contributed by atoms with Crippen LogP contribution in [0.3, 0.4) is 0 Å². The largest absolute Gasteiger partial charge is 0.376 e. The first-order chi connectivity index (χ1) is 7.77. The van der Waals surface area contributed by atoms with Crippen LogP contribution in [0.2, 0.25) is 0 Å². The molecule has 2 aromatic rings. The molecule has 5 heteroatoms. The lowest BCUT2D eigenvalue weighted by molar-refractivity contribution is 0.108. The minimum Gasteiger partial charge on any atom is -0.376 e. The van der Waals surface area contributed by atoms with Crippen LogP contribution in [0.25, 0.3) is 11.0 Å². The normalized spacial score (nSPS) is 25.3. The van der Waals surface area contributed by atoms with Crippen molar-refractivity contribution in [3.8, 4) is 0 Å². The zero-order valence-corrected chi connectivity index (χ0v) is 9.83. The Hall–Kier alpha value is -1.20. The van der Waals surface area contributed by atoms with Gasteiger partial charge in [-0.15, -0.1) is 0 Å². The van der Waals surface area contributed by atoms with Crippen LogP contribution in [0, 0.1) is 4.77 Å². The number of ether oxygens (including phenoxy) is 1. The van der Waals surface area contributed by atoms with Crippen LogP contribution in [-0.4, -0.2) is 27.2 Å². The molecule has 3 heterocycles. The van der Waals surface area contributed by atoms with Gasteiger partial charge in [0.25, 0.3) is 0 Å². The highest BCUT2D eigenvalue weighted by atomic mass is 32.1. The molecule has 1 saturated heterocycles. The number of hydrogen-bond acceptors (Lipinski definition) is 3. The van der Waals surface area contributed by atoms with Crippen molar-refractivity contribution in [1.82, 2.24) is 14.5 Å². The van der Waals surface area contributed by atoms with Crippen molar-refractivity contribution in [1.29, 1.82) is 0 Å². The molecule has 0 spiro atoms. The lowest BCUT2D eigenvalue weighted by Gasteiger charge is -2.16. The average molecular weight is 235 g/mol. The quantitative estimate of drug-likeness (QED) is 0.772. The maximum absolute atomic E-state index is 5.60. The van der Waals surface area contributed by atoms with Gasteiger partial charge in [0.1, 0.15) is 0 Å². The Kier molecular flexibility index (Phi) is 2.29. The molecule has 0 saturated carbocycles. The minimum absolute atomic E-state index is 0.221. The fourth-order valence-electron chi connectivity index (χ4n) is 2.37. The third-order valence-electron chi connectivity index (χ3n) is 3.19. The Morgan fingerprint density at radius 1 is 1.62 bits per heavy atom. The van der Waals surface area contributed by atoms with Gasteiger partial charge in [0.05, 0.1) is 29.4 Å². The molecule has 0 amide bonds. The maximum Gasteiger partial charge on any atom is 0.178 e. The summed E-state index contributed by atoms with van der Waals surface area (Å²) in [4.78, 5) is 7.28. The lowest BCUT2D eigenvalue weighted by Crippen LogP contribution is -2.16.